The molecular weight excluding hydrogens is 356 g/mol. The second-order valence-electron chi connectivity index (χ2n) is 5.31. The van der Waals surface area contributed by atoms with Crippen molar-refractivity contribution in [3.8, 4) is 11.4 Å². The minimum atomic E-state index is -0.176. The zero-order valence-corrected chi connectivity index (χ0v) is 14.4. The number of benzene rings is 1. The monoisotopic (exact) mass is 372 g/mol. The van der Waals surface area contributed by atoms with Crippen LogP contribution in [0.15, 0.2) is 47.1 Å². The highest BCUT2D eigenvalue weighted by atomic mass is 79.9. The van der Waals surface area contributed by atoms with Gasteiger partial charge in [0.05, 0.1) is 18.5 Å². The van der Waals surface area contributed by atoms with E-state index in [1.54, 1.807) is 6.20 Å². The van der Waals surface area contributed by atoms with Gasteiger partial charge in [-0.2, -0.15) is 0 Å². The van der Waals surface area contributed by atoms with Crippen LogP contribution in [-0.2, 0) is 16.0 Å². The van der Waals surface area contributed by atoms with Crippen LogP contribution in [0.5, 0.6) is 0 Å². The summed E-state index contributed by atoms with van der Waals surface area (Å²) >= 11 is 3.53. The third-order valence-electron chi connectivity index (χ3n) is 3.82. The smallest absolute Gasteiger partial charge is 0.305 e. The van der Waals surface area contributed by atoms with Gasteiger partial charge in [0.1, 0.15) is 0 Å². The second-order valence-corrected chi connectivity index (χ2v) is 6.23. The molecule has 4 nitrogen and oxygen atoms in total. The molecule has 0 fully saturated rings. The number of carbonyl (C=O) groups is 1. The summed E-state index contributed by atoms with van der Waals surface area (Å²) in [5.41, 5.74) is 4.18. The maximum Gasteiger partial charge on any atom is 0.305 e. The number of aryl methyl sites for hydroxylation is 1. The normalized spacial score (nSPS) is 10.9. The van der Waals surface area contributed by atoms with Crippen molar-refractivity contribution >= 4 is 32.8 Å². The van der Waals surface area contributed by atoms with Crippen LogP contribution in [0.25, 0.3) is 22.3 Å². The number of ether oxygens (including phenoxy) is 1. The first-order chi connectivity index (χ1) is 11.2. The van der Waals surface area contributed by atoms with Crippen LogP contribution in [-0.4, -0.2) is 23.0 Å². The Kier molecular flexibility index (Phi) is 4.76. The average Bonchev–Trinajstić information content (AvgIpc) is 2.93. The zero-order chi connectivity index (χ0) is 16.2. The fourth-order valence-electron chi connectivity index (χ4n) is 2.72. The van der Waals surface area contributed by atoms with E-state index in [2.05, 4.69) is 38.0 Å². The number of pyridine rings is 1. The Morgan fingerprint density at radius 3 is 2.91 bits per heavy atom. The summed E-state index contributed by atoms with van der Waals surface area (Å²) in [5, 5.41) is 1.16. The molecule has 3 aromatic rings. The molecule has 0 unspecified atom stereocenters. The molecule has 0 atom stereocenters. The van der Waals surface area contributed by atoms with E-state index < -0.39 is 0 Å². The number of halogens is 1. The summed E-state index contributed by atoms with van der Waals surface area (Å²) in [4.78, 5) is 19.3. The number of rotatable bonds is 5. The Morgan fingerprint density at radius 2 is 2.17 bits per heavy atom. The number of hydrogen-bond acceptors (Lipinski definition) is 3. The van der Waals surface area contributed by atoms with Crippen molar-refractivity contribution < 1.29 is 9.53 Å². The quantitative estimate of drug-likeness (QED) is 0.671. The van der Waals surface area contributed by atoms with Gasteiger partial charge in [-0.05, 0) is 48.7 Å². The summed E-state index contributed by atoms with van der Waals surface area (Å²) < 4.78 is 5.76. The fourth-order valence-corrected chi connectivity index (χ4v) is 3.08. The number of H-pyrrole nitrogens is 1. The number of aromatic amines is 1. The first-order valence-corrected chi connectivity index (χ1v) is 8.26. The number of hydrogen-bond donors (Lipinski definition) is 1. The number of carbonyl (C=O) groups excluding carboxylic acids is 1. The van der Waals surface area contributed by atoms with E-state index >= 15 is 0 Å². The van der Waals surface area contributed by atoms with Crippen molar-refractivity contribution in [1.82, 2.24) is 9.97 Å². The Balaban J connectivity index is 2.01. The van der Waals surface area contributed by atoms with Gasteiger partial charge in [-0.25, -0.2) is 0 Å². The van der Waals surface area contributed by atoms with Crippen molar-refractivity contribution in [2.75, 3.05) is 7.11 Å². The number of methoxy groups -OCH3 is 1. The molecule has 0 aliphatic carbocycles. The summed E-state index contributed by atoms with van der Waals surface area (Å²) in [6.45, 7) is 0. The lowest BCUT2D eigenvalue weighted by atomic mass is 10.0. The summed E-state index contributed by atoms with van der Waals surface area (Å²) in [6, 6.07) is 12.0. The zero-order valence-electron chi connectivity index (χ0n) is 12.8. The Hall–Kier alpha value is -2.14. The number of aromatic nitrogens is 2. The number of nitrogens with zero attached hydrogens (tertiary/aromatic N) is 1. The van der Waals surface area contributed by atoms with Crippen molar-refractivity contribution in [2.45, 2.75) is 19.3 Å². The summed E-state index contributed by atoms with van der Waals surface area (Å²) in [6.07, 6.45) is 3.73. The Morgan fingerprint density at radius 1 is 1.30 bits per heavy atom. The molecule has 118 valence electrons. The molecule has 0 aliphatic rings. The van der Waals surface area contributed by atoms with Crippen molar-refractivity contribution in [1.29, 1.82) is 0 Å². The molecular formula is C18H17BrN2O2. The van der Waals surface area contributed by atoms with Crippen LogP contribution >= 0.6 is 15.9 Å². The largest absolute Gasteiger partial charge is 0.469 e. The van der Waals surface area contributed by atoms with Gasteiger partial charge in [0, 0.05) is 28.0 Å². The molecule has 2 aromatic heterocycles. The minimum Gasteiger partial charge on any atom is -0.469 e. The van der Waals surface area contributed by atoms with E-state index in [1.807, 2.05) is 24.3 Å². The SMILES string of the molecule is COC(=O)CCCc1c(-c2ccccn2)[nH]c2ccc(Br)cc12. The standard InChI is InChI=1S/C18H17BrN2O2/c1-23-17(22)7-4-5-13-14-11-12(19)8-9-15(14)21-18(13)16-6-2-3-10-20-16/h2-3,6,8-11,21H,4-5,7H2,1H3. The molecule has 0 radical (unpaired) electrons. The first kappa shape index (κ1) is 15.7. The van der Waals surface area contributed by atoms with Gasteiger partial charge in [-0.3, -0.25) is 9.78 Å². The summed E-state index contributed by atoms with van der Waals surface area (Å²) in [7, 11) is 1.42. The van der Waals surface area contributed by atoms with Crippen LogP contribution in [0.3, 0.4) is 0 Å². The van der Waals surface area contributed by atoms with E-state index in [1.165, 1.54) is 12.7 Å². The molecule has 3 rings (SSSR count). The number of fused-ring (bicyclic) bond motifs is 1. The van der Waals surface area contributed by atoms with Crippen LogP contribution in [0, 0.1) is 0 Å². The van der Waals surface area contributed by atoms with E-state index in [9.17, 15) is 4.79 Å². The number of nitrogens with one attached hydrogen (secondary N) is 1. The van der Waals surface area contributed by atoms with Crippen LogP contribution < -0.4 is 0 Å². The lowest BCUT2D eigenvalue weighted by molar-refractivity contribution is -0.140. The van der Waals surface area contributed by atoms with Crippen LogP contribution in [0.4, 0.5) is 0 Å². The predicted octanol–water partition coefficient (Wildman–Crippen LogP) is 4.49. The highest BCUT2D eigenvalue weighted by Gasteiger charge is 2.14. The van der Waals surface area contributed by atoms with Gasteiger partial charge < -0.3 is 9.72 Å². The molecule has 0 bridgehead atoms. The van der Waals surface area contributed by atoms with Gasteiger partial charge in [0.2, 0.25) is 0 Å². The maximum absolute atomic E-state index is 11.4. The van der Waals surface area contributed by atoms with Crippen molar-refractivity contribution in [3.05, 3.63) is 52.6 Å². The molecule has 2 heterocycles. The first-order valence-electron chi connectivity index (χ1n) is 7.47. The van der Waals surface area contributed by atoms with Gasteiger partial charge in [0.25, 0.3) is 0 Å². The van der Waals surface area contributed by atoms with Gasteiger partial charge in [0.15, 0.2) is 0 Å². The summed E-state index contributed by atoms with van der Waals surface area (Å²) in [5.74, 6) is -0.176. The molecule has 5 heteroatoms. The predicted molar refractivity (Wildman–Crippen MR) is 94.2 cm³/mol. The highest BCUT2D eigenvalue weighted by Crippen LogP contribution is 2.32. The lowest BCUT2D eigenvalue weighted by Gasteiger charge is -2.05. The topological polar surface area (TPSA) is 55.0 Å². The average molecular weight is 373 g/mol. The van der Waals surface area contributed by atoms with E-state index in [4.69, 9.17) is 4.74 Å². The van der Waals surface area contributed by atoms with Gasteiger partial charge in [-0.1, -0.05) is 22.0 Å². The molecule has 0 amide bonds. The Labute approximate surface area is 143 Å². The molecule has 0 spiro atoms. The fraction of sp³-hybridized carbons (Fsp3) is 0.222. The van der Waals surface area contributed by atoms with Crippen molar-refractivity contribution in [3.63, 3.8) is 0 Å². The maximum atomic E-state index is 11.4. The lowest BCUT2D eigenvalue weighted by Crippen LogP contribution is -2.01. The third-order valence-corrected chi connectivity index (χ3v) is 4.32. The molecule has 1 N–H and O–H groups in total. The van der Waals surface area contributed by atoms with Crippen LogP contribution in [0.2, 0.25) is 0 Å². The minimum absolute atomic E-state index is 0.176. The second kappa shape index (κ2) is 6.96. The van der Waals surface area contributed by atoms with Crippen LogP contribution in [0.1, 0.15) is 18.4 Å². The molecule has 1 aromatic carbocycles. The van der Waals surface area contributed by atoms with E-state index in [0.29, 0.717) is 6.42 Å². The van der Waals surface area contributed by atoms with Crippen molar-refractivity contribution in [2.24, 2.45) is 0 Å². The Bertz CT molecular complexity index is 828. The molecule has 0 saturated carbocycles. The van der Waals surface area contributed by atoms with E-state index in [0.717, 1.165) is 39.6 Å². The van der Waals surface area contributed by atoms with Gasteiger partial charge in [-0.15, -0.1) is 0 Å². The van der Waals surface area contributed by atoms with E-state index in [-0.39, 0.29) is 5.97 Å². The number of esters is 1. The van der Waals surface area contributed by atoms with Gasteiger partial charge >= 0.3 is 5.97 Å². The molecule has 23 heavy (non-hydrogen) atoms. The molecule has 0 saturated heterocycles. The highest BCUT2D eigenvalue weighted by molar-refractivity contribution is 9.10. The molecule has 0 aliphatic heterocycles. The third kappa shape index (κ3) is 3.45.